The van der Waals surface area contributed by atoms with Crippen LogP contribution in [0.5, 0.6) is 0 Å². The van der Waals surface area contributed by atoms with Crippen molar-refractivity contribution in [3.05, 3.63) is 152 Å². The number of pyridine rings is 1. The van der Waals surface area contributed by atoms with Gasteiger partial charge in [-0.25, -0.2) is 0 Å². The Morgan fingerprint density at radius 2 is 1.10 bits per heavy atom. The van der Waals surface area contributed by atoms with Crippen molar-refractivity contribution in [2.45, 2.75) is 0 Å². The van der Waals surface area contributed by atoms with Crippen LogP contribution in [0.4, 0.5) is 0 Å². The minimum absolute atomic E-state index is 1.02. The Bertz CT molecular complexity index is 2460. The zero-order chi connectivity index (χ0) is 27.6. The number of benzene rings is 6. The summed E-state index contributed by atoms with van der Waals surface area (Å²) < 4.78 is 4.72. The van der Waals surface area contributed by atoms with Crippen molar-refractivity contribution in [2.75, 3.05) is 0 Å². The molecule has 0 saturated heterocycles. The molecule has 3 heteroatoms. The lowest BCUT2D eigenvalue weighted by Crippen LogP contribution is -1.94. The second-order valence-electron chi connectivity index (χ2n) is 10.9. The third kappa shape index (κ3) is 3.37. The van der Waals surface area contributed by atoms with E-state index in [1.807, 2.05) is 12.3 Å². The first-order chi connectivity index (χ1) is 20.8. The average molecular weight is 536 g/mol. The number of aromatic nitrogens is 3. The summed E-state index contributed by atoms with van der Waals surface area (Å²) in [5.74, 6) is 0. The summed E-state index contributed by atoms with van der Waals surface area (Å²) in [5.41, 5.74) is 10.4. The SMILES string of the molecule is c1ccc(-n2c3cc(-c4ccc5c(c4)c4ccccc4n5-c4ccc5ccccc5c4)ccc3c3ncccc32)cc1. The summed E-state index contributed by atoms with van der Waals surface area (Å²) in [4.78, 5) is 4.76. The highest BCUT2D eigenvalue weighted by atomic mass is 15.0. The molecule has 0 aliphatic carbocycles. The van der Waals surface area contributed by atoms with E-state index in [-0.39, 0.29) is 0 Å². The van der Waals surface area contributed by atoms with Crippen LogP contribution >= 0.6 is 0 Å². The number of nitrogens with zero attached hydrogens (tertiary/aromatic N) is 3. The van der Waals surface area contributed by atoms with Crippen LogP contribution in [0, 0.1) is 0 Å². The molecule has 9 aromatic rings. The fraction of sp³-hybridized carbons (Fsp3) is 0. The molecule has 0 aliphatic heterocycles. The molecule has 3 nitrogen and oxygen atoms in total. The molecule has 9 rings (SSSR count). The van der Waals surface area contributed by atoms with E-state index >= 15 is 0 Å². The van der Waals surface area contributed by atoms with E-state index in [1.165, 1.54) is 49.4 Å². The van der Waals surface area contributed by atoms with Gasteiger partial charge in [0, 0.05) is 33.7 Å². The molecule has 0 aliphatic rings. The van der Waals surface area contributed by atoms with Gasteiger partial charge in [0.25, 0.3) is 0 Å². The van der Waals surface area contributed by atoms with E-state index in [2.05, 4.69) is 149 Å². The van der Waals surface area contributed by atoms with E-state index < -0.39 is 0 Å². The van der Waals surface area contributed by atoms with E-state index in [9.17, 15) is 0 Å². The number of hydrogen-bond acceptors (Lipinski definition) is 1. The molecule has 196 valence electrons. The fourth-order valence-corrected chi connectivity index (χ4v) is 6.61. The van der Waals surface area contributed by atoms with Crippen LogP contribution in [0.15, 0.2) is 152 Å². The zero-order valence-electron chi connectivity index (χ0n) is 22.8. The van der Waals surface area contributed by atoms with Gasteiger partial charge in [-0.15, -0.1) is 0 Å². The zero-order valence-corrected chi connectivity index (χ0v) is 22.8. The Hall–Kier alpha value is -5.67. The third-order valence-electron chi connectivity index (χ3n) is 8.53. The Morgan fingerprint density at radius 1 is 0.381 bits per heavy atom. The Labute approximate surface area is 242 Å². The number of rotatable bonds is 3. The predicted molar refractivity (Wildman–Crippen MR) is 176 cm³/mol. The van der Waals surface area contributed by atoms with Gasteiger partial charge in [-0.1, -0.05) is 78.9 Å². The fourth-order valence-electron chi connectivity index (χ4n) is 6.61. The molecule has 0 spiro atoms. The third-order valence-corrected chi connectivity index (χ3v) is 8.53. The van der Waals surface area contributed by atoms with E-state index in [1.54, 1.807) is 0 Å². The molecule has 6 aromatic carbocycles. The van der Waals surface area contributed by atoms with Crippen LogP contribution in [0.25, 0.3) is 77.0 Å². The van der Waals surface area contributed by atoms with Crippen molar-refractivity contribution in [3.8, 4) is 22.5 Å². The van der Waals surface area contributed by atoms with Gasteiger partial charge in [-0.2, -0.15) is 0 Å². The maximum absolute atomic E-state index is 4.76. The first-order valence-electron chi connectivity index (χ1n) is 14.3. The lowest BCUT2D eigenvalue weighted by atomic mass is 10.0. The summed E-state index contributed by atoms with van der Waals surface area (Å²) >= 11 is 0. The minimum Gasteiger partial charge on any atom is -0.309 e. The van der Waals surface area contributed by atoms with Crippen LogP contribution in [-0.2, 0) is 0 Å². The highest BCUT2D eigenvalue weighted by Crippen LogP contribution is 2.38. The molecular weight excluding hydrogens is 510 g/mol. The van der Waals surface area contributed by atoms with E-state index in [0.717, 1.165) is 27.6 Å². The van der Waals surface area contributed by atoms with Gasteiger partial charge in [0.15, 0.2) is 0 Å². The first kappa shape index (κ1) is 23.1. The highest BCUT2D eigenvalue weighted by Gasteiger charge is 2.16. The standard InChI is InChI=1S/C39H25N3/c1-2-11-30(12-3-1)41-37-15-8-22-40-39(37)33-20-17-29(25-38(33)41)28-18-21-36-34(24-28)32-13-6-7-14-35(32)42(36)31-19-16-26-9-4-5-10-27(26)23-31/h1-25H. The maximum Gasteiger partial charge on any atom is 0.0963 e. The topological polar surface area (TPSA) is 22.8 Å². The molecule has 0 saturated carbocycles. The summed E-state index contributed by atoms with van der Waals surface area (Å²) in [6, 6.07) is 52.4. The summed E-state index contributed by atoms with van der Waals surface area (Å²) in [7, 11) is 0. The maximum atomic E-state index is 4.76. The number of hydrogen-bond donors (Lipinski definition) is 0. The quantitative estimate of drug-likeness (QED) is 0.221. The molecule has 0 amide bonds. The van der Waals surface area contributed by atoms with Crippen LogP contribution in [-0.4, -0.2) is 14.1 Å². The van der Waals surface area contributed by atoms with Crippen molar-refractivity contribution in [1.29, 1.82) is 0 Å². The van der Waals surface area contributed by atoms with Crippen molar-refractivity contribution < 1.29 is 0 Å². The van der Waals surface area contributed by atoms with Crippen molar-refractivity contribution in [2.24, 2.45) is 0 Å². The Morgan fingerprint density at radius 3 is 2.02 bits per heavy atom. The summed E-state index contributed by atoms with van der Waals surface area (Å²) in [5, 5.41) is 6.16. The molecule has 0 atom stereocenters. The van der Waals surface area contributed by atoms with Crippen LogP contribution in [0.3, 0.4) is 0 Å². The van der Waals surface area contributed by atoms with Crippen LogP contribution < -0.4 is 0 Å². The lowest BCUT2D eigenvalue weighted by molar-refractivity contribution is 1.18. The van der Waals surface area contributed by atoms with Crippen LogP contribution in [0.1, 0.15) is 0 Å². The molecule has 0 fully saturated rings. The number of fused-ring (bicyclic) bond motifs is 7. The van der Waals surface area contributed by atoms with Crippen molar-refractivity contribution in [3.63, 3.8) is 0 Å². The van der Waals surface area contributed by atoms with Gasteiger partial charge < -0.3 is 9.13 Å². The first-order valence-corrected chi connectivity index (χ1v) is 14.3. The second kappa shape index (κ2) is 8.92. The summed E-state index contributed by atoms with van der Waals surface area (Å²) in [6.07, 6.45) is 1.88. The lowest BCUT2D eigenvalue weighted by Gasteiger charge is -2.10. The number of para-hydroxylation sites is 2. The van der Waals surface area contributed by atoms with E-state index in [4.69, 9.17) is 4.98 Å². The van der Waals surface area contributed by atoms with Gasteiger partial charge in [-0.3, -0.25) is 4.98 Å². The average Bonchev–Trinajstić information content (AvgIpc) is 3.57. The second-order valence-corrected chi connectivity index (χ2v) is 10.9. The van der Waals surface area contributed by atoms with E-state index in [0.29, 0.717) is 0 Å². The van der Waals surface area contributed by atoms with Crippen molar-refractivity contribution >= 4 is 54.5 Å². The molecule has 42 heavy (non-hydrogen) atoms. The van der Waals surface area contributed by atoms with Crippen LogP contribution in [0.2, 0.25) is 0 Å². The Balaban J connectivity index is 1.27. The molecule has 3 heterocycles. The molecule has 0 bridgehead atoms. The van der Waals surface area contributed by atoms with Crippen molar-refractivity contribution in [1.82, 2.24) is 14.1 Å². The largest absolute Gasteiger partial charge is 0.309 e. The molecule has 0 N–H and O–H groups in total. The molecular formula is C39H25N3. The molecule has 0 radical (unpaired) electrons. The summed E-state index contributed by atoms with van der Waals surface area (Å²) in [6.45, 7) is 0. The molecule has 3 aromatic heterocycles. The smallest absolute Gasteiger partial charge is 0.0963 e. The Kier molecular flexibility index (Phi) is 4.90. The molecule has 0 unspecified atom stereocenters. The van der Waals surface area contributed by atoms with Gasteiger partial charge in [-0.05, 0) is 88.6 Å². The van der Waals surface area contributed by atoms with Gasteiger partial charge >= 0.3 is 0 Å². The normalized spacial score (nSPS) is 11.8. The van der Waals surface area contributed by atoms with Gasteiger partial charge in [0.2, 0.25) is 0 Å². The monoisotopic (exact) mass is 535 g/mol. The minimum atomic E-state index is 1.02. The van der Waals surface area contributed by atoms with Gasteiger partial charge in [0.05, 0.1) is 27.6 Å². The van der Waals surface area contributed by atoms with Gasteiger partial charge in [0.1, 0.15) is 0 Å². The predicted octanol–water partition coefficient (Wildman–Crippen LogP) is 10.1. The highest BCUT2D eigenvalue weighted by molar-refractivity contribution is 6.12.